The Hall–Kier alpha value is -2.64. The van der Waals surface area contributed by atoms with E-state index in [9.17, 15) is 14.4 Å². The van der Waals surface area contributed by atoms with E-state index in [1.807, 2.05) is 0 Å². The van der Waals surface area contributed by atoms with E-state index in [1.54, 1.807) is 31.2 Å². The maximum absolute atomic E-state index is 12.3. The van der Waals surface area contributed by atoms with Gasteiger partial charge in [-0.05, 0) is 30.7 Å². The van der Waals surface area contributed by atoms with E-state index in [4.69, 9.17) is 21.1 Å². The van der Waals surface area contributed by atoms with E-state index < -0.39 is 17.4 Å². The predicted molar refractivity (Wildman–Crippen MR) is 96.6 cm³/mol. The lowest BCUT2D eigenvalue weighted by atomic mass is 10.1. The van der Waals surface area contributed by atoms with E-state index in [0.29, 0.717) is 10.7 Å². The maximum Gasteiger partial charge on any atom is 0.340 e. The molecule has 0 radical (unpaired) electrons. The number of aryl methyl sites for hydroxylation is 1. The zero-order valence-corrected chi connectivity index (χ0v) is 15.2. The molecule has 1 heterocycles. The van der Waals surface area contributed by atoms with Crippen LogP contribution in [-0.2, 0) is 16.0 Å². The van der Waals surface area contributed by atoms with Crippen LogP contribution in [0.5, 0.6) is 0 Å². The summed E-state index contributed by atoms with van der Waals surface area (Å²) in [6, 6.07) is 8.17. The van der Waals surface area contributed by atoms with E-state index in [-0.39, 0.29) is 30.9 Å². The lowest BCUT2D eigenvalue weighted by molar-refractivity contribution is 0.0386. The number of carbonyl (C=O) groups excluding carboxylic acids is 2. The van der Waals surface area contributed by atoms with Gasteiger partial charge in [0.15, 0.2) is 0 Å². The molecule has 0 bridgehead atoms. The Labute approximate surface area is 155 Å². The second-order valence-electron chi connectivity index (χ2n) is 5.49. The van der Waals surface area contributed by atoms with E-state index in [2.05, 4.69) is 10.3 Å². The predicted octanol–water partition coefficient (Wildman–Crippen LogP) is 2.07. The molecule has 0 saturated carbocycles. The second-order valence-corrected chi connectivity index (χ2v) is 5.93. The molecule has 0 aliphatic carbocycles. The number of nitrogens with one attached hydrogen (secondary N) is 2. The fraction of sp³-hybridized carbons (Fsp3) is 0.278. The maximum atomic E-state index is 12.3. The van der Waals surface area contributed by atoms with E-state index in [1.165, 1.54) is 13.2 Å². The number of methoxy groups -OCH3 is 1. The van der Waals surface area contributed by atoms with Crippen LogP contribution in [-0.4, -0.2) is 37.2 Å². The molecule has 0 saturated heterocycles. The van der Waals surface area contributed by atoms with Gasteiger partial charge in [0.25, 0.3) is 11.5 Å². The molecule has 7 nitrogen and oxygen atoms in total. The summed E-state index contributed by atoms with van der Waals surface area (Å²) in [7, 11) is 1.49. The van der Waals surface area contributed by atoms with Gasteiger partial charge in [-0.15, -0.1) is 0 Å². The lowest BCUT2D eigenvalue weighted by Gasteiger charge is -2.09. The Balaban J connectivity index is 2.13. The standard InChI is InChI=1S/C18H19ClN2O5/c1-11-14(18(24)26-8-7-25-2)9-15(17(23)21-11)16(22)20-10-12-3-5-13(19)6-4-12/h3-6,9H,7-8,10H2,1-2H3,(H,20,22)(H,21,23). The van der Waals surface area contributed by atoms with Crippen LogP contribution in [0.2, 0.25) is 5.02 Å². The van der Waals surface area contributed by atoms with E-state index >= 15 is 0 Å². The van der Waals surface area contributed by atoms with Crippen molar-refractivity contribution in [3.63, 3.8) is 0 Å². The summed E-state index contributed by atoms with van der Waals surface area (Å²) < 4.78 is 9.85. The topological polar surface area (TPSA) is 97.5 Å². The molecule has 26 heavy (non-hydrogen) atoms. The number of H-pyrrole nitrogens is 1. The fourth-order valence-corrected chi connectivity index (χ4v) is 2.31. The second kappa shape index (κ2) is 9.17. The highest BCUT2D eigenvalue weighted by atomic mass is 35.5. The smallest absolute Gasteiger partial charge is 0.340 e. The number of esters is 1. The third kappa shape index (κ3) is 5.18. The monoisotopic (exact) mass is 378 g/mol. The van der Waals surface area contributed by atoms with Gasteiger partial charge in [-0.25, -0.2) is 4.79 Å². The van der Waals surface area contributed by atoms with Crippen LogP contribution >= 0.6 is 11.6 Å². The number of aromatic amines is 1. The van der Waals surface area contributed by atoms with Gasteiger partial charge in [0.2, 0.25) is 0 Å². The minimum absolute atomic E-state index is 0.0754. The molecule has 0 fully saturated rings. The molecule has 138 valence electrons. The van der Waals surface area contributed by atoms with Gasteiger partial charge in [0, 0.05) is 24.4 Å². The van der Waals surface area contributed by atoms with Crippen LogP contribution in [0.25, 0.3) is 0 Å². The number of benzene rings is 1. The first-order valence-electron chi connectivity index (χ1n) is 7.85. The Morgan fingerprint density at radius 1 is 1.15 bits per heavy atom. The molecule has 1 aromatic heterocycles. The van der Waals surface area contributed by atoms with Crippen LogP contribution in [0.1, 0.15) is 32.0 Å². The number of pyridine rings is 1. The van der Waals surface area contributed by atoms with Crippen molar-refractivity contribution in [3.8, 4) is 0 Å². The Morgan fingerprint density at radius 3 is 2.50 bits per heavy atom. The van der Waals surface area contributed by atoms with Crippen LogP contribution in [0.3, 0.4) is 0 Å². The summed E-state index contributed by atoms with van der Waals surface area (Å²) in [4.78, 5) is 39.0. The molecule has 0 atom stereocenters. The Bertz CT molecular complexity index is 846. The number of ether oxygens (including phenoxy) is 2. The first-order valence-corrected chi connectivity index (χ1v) is 8.22. The number of amides is 1. The quantitative estimate of drug-likeness (QED) is 0.567. The summed E-state index contributed by atoms with van der Waals surface area (Å²) in [6.07, 6.45) is 0. The molecule has 2 N–H and O–H groups in total. The summed E-state index contributed by atoms with van der Waals surface area (Å²) in [5.41, 5.74) is 0.530. The molecular weight excluding hydrogens is 360 g/mol. The molecule has 2 rings (SSSR count). The van der Waals surface area contributed by atoms with Crippen molar-refractivity contribution in [2.45, 2.75) is 13.5 Å². The largest absolute Gasteiger partial charge is 0.460 e. The number of aromatic nitrogens is 1. The number of hydrogen-bond acceptors (Lipinski definition) is 5. The minimum atomic E-state index is -0.637. The zero-order chi connectivity index (χ0) is 19.1. The lowest BCUT2D eigenvalue weighted by Crippen LogP contribution is -2.30. The third-order valence-corrected chi connectivity index (χ3v) is 3.84. The van der Waals surface area contributed by atoms with Gasteiger partial charge in [-0.1, -0.05) is 23.7 Å². The van der Waals surface area contributed by atoms with Crippen molar-refractivity contribution in [2.75, 3.05) is 20.3 Å². The highest BCUT2D eigenvalue weighted by Crippen LogP contribution is 2.10. The molecule has 1 amide bonds. The summed E-state index contributed by atoms with van der Waals surface area (Å²) in [6.45, 7) is 2.11. The Kier molecular flexibility index (Phi) is 6.94. The zero-order valence-electron chi connectivity index (χ0n) is 14.4. The first kappa shape index (κ1) is 19.7. The molecule has 0 unspecified atom stereocenters. The normalized spacial score (nSPS) is 10.4. The van der Waals surface area contributed by atoms with Crippen LogP contribution in [0.4, 0.5) is 0 Å². The van der Waals surface area contributed by atoms with Gasteiger partial charge in [-0.2, -0.15) is 0 Å². The van der Waals surface area contributed by atoms with Gasteiger partial charge < -0.3 is 19.8 Å². The third-order valence-electron chi connectivity index (χ3n) is 3.59. The average molecular weight is 379 g/mol. The summed E-state index contributed by atoms with van der Waals surface area (Å²) in [5.74, 6) is -1.23. The molecule has 1 aromatic carbocycles. The van der Waals surface area contributed by atoms with Crippen molar-refractivity contribution in [2.24, 2.45) is 0 Å². The highest BCUT2D eigenvalue weighted by Gasteiger charge is 2.18. The van der Waals surface area contributed by atoms with Gasteiger partial charge in [-0.3, -0.25) is 9.59 Å². The van der Waals surface area contributed by atoms with E-state index in [0.717, 1.165) is 5.56 Å². The Morgan fingerprint density at radius 2 is 1.85 bits per heavy atom. The van der Waals surface area contributed by atoms with Crippen LogP contribution < -0.4 is 10.9 Å². The van der Waals surface area contributed by atoms with Crippen molar-refractivity contribution in [1.82, 2.24) is 10.3 Å². The number of rotatable bonds is 7. The number of halogens is 1. The summed E-state index contributed by atoms with van der Waals surface area (Å²) >= 11 is 5.81. The average Bonchev–Trinajstić information content (AvgIpc) is 2.61. The highest BCUT2D eigenvalue weighted by molar-refractivity contribution is 6.30. The van der Waals surface area contributed by atoms with Gasteiger partial charge in [0.05, 0.1) is 12.2 Å². The number of carbonyl (C=O) groups is 2. The molecule has 2 aromatic rings. The van der Waals surface area contributed by atoms with Crippen molar-refractivity contribution in [1.29, 1.82) is 0 Å². The SMILES string of the molecule is COCCOC(=O)c1cc(C(=O)NCc2ccc(Cl)cc2)c(=O)[nH]c1C. The van der Waals surface area contributed by atoms with Crippen molar-refractivity contribution in [3.05, 3.63) is 68.1 Å². The molecule has 0 spiro atoms. The molecule has 8 heteroatoms. The molecular formula is C18H19ClN2O5. The molecule has 0 aliphatic rings. The molecule has 0 aliphatic heterocycles. The minimum Gasteiger partial charge on any atom is -0.460 e. The van der Waals surface area contributed by atoms with Gasteiger partial charge >= 0.3 is 5.97 Å². The summed E-state index contributed by atoms with van der Waals surface area (Å²) in [5, 5.41) is 3.23. The fourth-order valence-electron chi connectivity index (χ4n) is 2.18. The van der Waals surface area contributed by atoms with Crippen molar-refractivity contribution < 1.29 is 19.1 Å². The van der Waals surface area contributed by atoms with Crippen molar-refractivity contribution >= 4 is 23.5 Å². The van der Waals surface area contributed by atoms with Gasteiger partial charge in [0.1, 0.15) is 12.2 Å². The van der Waals surface area contributed by atoms with Crippen LogP contribution in [0, 0.1) is 6.92 Å². The van der Waals surface area contributed by atoms with Crippen LogP contribution in [0.15, 0.2) is 35.1 Å². The first-order chi connectivity index (χ1) is 12.4. The number of hydrogen-bond donors (Lipinski definition) is 2.